The molecular weight excluding hydrogens is 761 g/mol. The summed E-state index contributed by atoms with van der Waals surface area (Å²) < 4.78 is 1.97. The van der Waals surface area contributed by atoms with Crippen molar-refractivity contribution >= 4 is 171 Å². The number of thioether (sulfide) groups is 3. The van der Waals surface area contributed by atoms with E-state index >= 15 is 0 Å². The van der Waals surface area contributed by atoms with Crippen LogP contribution in [0.4, 0.5) is 0 Å². The van der Waals surface area contributed by atoms with E-state index < -0.39 is 9.62 Å². The largest absolute Gasteiger partial charge is 1.00 e. The average Bonchev–Trinajstić information content (AvgIpc) is 2.38. The quantitative estimate of drug-likeness (QED) is 0.130. The second-order valence-corrected chi connectivity index (χ2v) is 9.86. The van der Waals surface area contributed by atoms with Crippen LogP contribution in [0.15, 0.2) is 0 Å². The normalized spacial score (nSPS) is 4.76. The molecule has 0 aliphatic rings. The molecule has 0 heterocycles. The minimum atomic E-state index is -1.50. The van der Waals surface area contributed by atoms with Gasteiger partial charge in [0.1, 0.15) is 0 Å². The standard InChI is InChI=1S/C2H2OS4.C2H4OS2.C2H4S3.CH2O2S.CS2.8Na.2H2O.H/c3-1(4)7-2(5)6;2*1-5-2(3)4;2-1(3)4;2-1-3;;;;;;;;;;;/h(H,3,4)(H,5,6);2*1H3,(H,3,4);(H2,2,3,4);;;;;;;;;;2*1H2;/q;;;;;8*+1;;;-1/p-7. The molecule has 0 aromatic carbocycles. The van der Waals surface area contributed by atoms with Gasteiger partial charge in [-0.1, -0.05) is 31.5 Å². The van der Waals surface area contributed by atoms with Gasteiger partial charge >= 0.3 is 236 Å². The Morgan fingerprint density at radius 1 is 0.647 bits per heavy atom. The van der Waals surface area contributed by atoms with Crippen molar-refractivity contribution in [3.8, 4) is 0 Å². The molecule has 34 heavy (non-hydrogen) atoms. The van der Waals surface area contributed by atoms with Crippen molar-refractivity contribution in [2.75, 3.05) is 12.5 Å². The fraction of sp³-hybridized carbons (Fsp3) is 0.250. The smallest absolute Gasteiger partial charge is 1.00 e. The molecule has 0 bridgehead atoms. The Balaban J connectivity index is -0.00000000869. The molecule has 6 nitrogen and oxygen atoms in total. The molecule has 0 spiro atoms. The summed E-state index contributed by atoms with van der Waals surface area (Å²) in [6.07, 6.45) is 3.53. The number of thiocarbonyl (C=S) groups is 7. The van der Waals surface area contributed by atoms with Crippen LogP contribution in [0, 0.1) is 0 Å². The van der Waals surface area contributed by atoms with Gasteiger partial charge in [0.05, 0.1) is 0 Å². The minimum absolute atomic E-state index is 0. The Labute approximate surface area is 441 Å². The maximum Gasteiger partial charge on any atom is 1.00 e. The van der Waals surface area contributed by atoms with E-state index in [1.165, 1.54) is 11.8 Å². The van der Waals surface area contributed by atoms with Gasteiger partial charge in [0.2, 0.25) is 0 Å². The molecule has 0 aliphatic carbocycles. The maximum absolute atomic E-state index is 9.88. The first kappa shape index (κ1) is 96.7. The molecule has 0 atom stereocenters. The van der Waals surface area contributed by atoms with Crippen LogP contribution in [-0.4, -0.2) is 48.8 Å². The summed E-state index contributed by atoms with van der Waals surface area (Å²) in [6.45, 7) is 0. The van der Waals surface area contributed by atoms with E-state index in [1.54, 1.807) is 6.26 Å². The molecule has 0 fully saturated rings. The molecule has 0 rings (SSSR count). The van der Waals surface area contributed by atoms with E-state index in [0.29, 0.717) is 3.53 Å². The third-order valence-corrected chi connectivity index (χ3v) is 3.75. The van der Waals surface area contributed by atoms with Crippen LogP contribution in [0.25, 0.3) is 0 Å². The molecule has 26 heteroatoms. The predicted molar refractivity (Wildman–Crippen MR) is 139 cm³/mol. The summed E-state index contributed by atoms with van der Waals surface area (Å²) in [5.74, 6) is 0. The Hall–Kier alpha value is 9.28. The second-order valence-electron chi connectivity index (χ2n) is 1.84. The van der Waals surface area contributed by atoms with Gasteiger partial charge in [-0.15, -0.1) is 41.0 Å². The van der Waals surface area contributed by atoms with Crippen molar-refractivity contribution in [3.05, 3.63) is 0 Å². The van der Waals surface area contributed by atoms with Crippen molar-refractivity contribution in [1.82, 2.24) is 0 Å². The number of hydrogen-bond acceptors (Lipinski definition) is 17. The minimum Gasteiger partial charge on any atom is -1.00 e. The van der Waals surface area contributed by atoms with Crippen LogP contribution >= 0.6 is 121 Å². The summed E-state index contributed by atoms with van der Waals surface area (Å²) in [5, 5.41) is 35.4. The molecule has 158 valence electrons. The molecule has 0 amide bonds. The molecule has 0 saturated heterocycles. The first-order chi connectivity index (χ1) is 10.8. The number of rotatable bonds is 0. The summed E-state index contributed by atoms with van der Waals surface area (Å²) in [4.78, 5) is 0. The molecule has 0 saturated carbocycles. The zero-order valence-electron chi connectivity index (χ0n) is 21.5. The van der Waals surface area contributed by atoms with Crippen molar-refractivity contribution in [2.24, 2.45) is 0 Å². The van der Waals surface area contributed by atoms with E-state index in [4.69, 9.17) is 10.2 Å². The van der Waals surface area contributed by atoms with Crippen molar-refractivity contribution in [3.63, 3.8) is 0 Å². The van der Waals surface area contributed by atoms with Gasteiger partial charge in [0.15, 0.2) is 0 Å². The zero-order valence-corrected chi connectivity index (χ0v) is 46.3. The Morgan fingerprint density at radius 3 is 0.794 bits per heavy atom. The molecule has 0 unspecified atom stereocenters. The summed E-state index contributed by atoms with van der Waals surface area (Å²) in [7, 11) is 0. The summed E-state index contributed by atoms with van der Waals surface area (Å²) in [5.41, 5.74) is 0. The van der Waals surface area contributed by atoms with E-state index in [9.17, 15) is 10.2 Å². The van der Waals surface area contributed by atoms with Crippen molar-refractivity contribution in [2.45, 2.75) is 0 Å². The van der Waals surface area contributed by atoms with E-state index in [1.807, 2.05) is 10.6 Å². The van der Waals surface area contributed by atoms with Crippen molar-refractivity contribution < 1.29 is 269 Å². The monoisotopic (exact) mass is 770 g/mol. The van der Waals surface area contributed by atoms with Crippen molar-refractivity contribution in [1.29, 1.82) is 0 Å². The molecular formula is C8H10Na8O6S12. The van der Waals surface area contributed by atoms with Crippen LogP contribution in [0.2, 0.25) is 0 Å². The fourth-order valence-electron chi connectivity index (χ4n) is 0.0680. The molecule has 0 aliphatic heterocycles. The Bertz CT molecular complexity index is 425. The fourth-order valence-corrected chi connectivity index (χ4v) is 1.22. The van der Waals surface area contributed by atoms with Gasteiger partial charge in [-0.25, -0.2) is 0 Å². The SMILES string of the molecule is CSC(=S)[S-].CSC([O-])=S.O.S=C=S.[H-].[Na+].[Na+].[Na+].[Na+].[Na+].[Na+].[Na+].[Na+].[O-]C(=S)SC(=S)[S-].[O-]C([O-])=S.[OH-]. The van der Waals surface area contributed by atoms with Gasteiger partial charge < -0.3 is 82.5 Å². The van der Waals surface area contributed by atoms with Gasteiger partial charge in [-0.2, -0.15) is 11.8 Å². The van der Waals surface area contributed by atoms with Crippen LogP contribution in [0.1, 0.15) is 1.43 Å². The molecule has 0 aromatic heterocycles. The Morgan fingerprint density at radius 2 is 0.794 bits per heavy atom. The summed E-state index contributed by atoms with van der Waals surface area (Å²) >= 11 is 40.5. The third kappa shape index (κ3) is 224. The van der Waals surface area contributed by atoms with Crippen LogP contribution < -0.4 is 257 Å². The molecule has 0 aromatic rings. The Kier molecular flexibility index (Phi) is 256. The van der Waals surface area contributed by atoms with Gasteiger partial charge in [0, 0.05) is 4.31 Å². The van der Waals surface area contributed by atoms with E-state index in [0.717, 1.165) is 23.5 Å². The third-order valence-electron chi connectivity index (χ3n) is 0.500. The average molecular weight is 771 g/mol. The first-order valence-corrected chi connectivity index (χ1v) is 11.2. The van der Waals surface area contributed by atoms with Gasteiger partial charge in [-0.3, -0.25) is 0 Å². The van der Waals surface area contributed by atoms with E-state index in [2.05, 4.69) is 111 Å². The predicted octanol–water partition coefficient (Wildman–Crippen LogP) is -24.5. The van der Waals surface area contributed by atoms with E-state index in [-0.39, 0.29) is 257 Å². The summed E-state index contributed by atoms with van der Waals surface area (Å²) in [6, 6.07) is 0. The molecule has 0 radical (unpaired) electrons. The molecule has 3 N–H and O–H groups in total. The second kappa shape index (κ2) is 90.1. The van der Waals surface area contributed by atoms with Crippen LogP contribution in [0.3, 0.4) is 0 Å². The van der Waals surface area contributed by atoms with Crippen LogP contribution in [0.5, 0.6) is 0 Å². The maximum atomic E-state index is 9.88. The van der Waals surface area contributed by atoms with Gasteiger partial charge in [0.25, 0.3) is 0 Å². The number of hydrogen-bond donors (Lipinski definition) is 0. The van der Waals surface area contributed by atoms with Crippen LogP contribution in [-0.2, 0) is 25.3 Å². The van der Waals surface area contributed by atoms with Gasteiger partial charge in [-0.05, 0) is 45.7 Å². The first-order valence-electron chi connectivity index (χ1n) is 4.29. The zero-order chi connectivity index (χ0) is 20.7. The topological polar surface area (TPSA) is 154 Å².